The van der Waals surface area contributed by atoms with Gasteiger partial charge in [-0.05, 0) is 12.1 Å². The Morgan fingerprint density at radius 2 is 2.24 bits per heavy atom. The third-order valence-electron chi connectivity index (χ3n) is 2.11. The fourth-order valence-corrected chi connectivity index (χ4v) is 1.32. The van der Waals surface area contributed by atoms with Gasteiger partial charge in [0.25, 0.3) is 11.5 Å². The van der Waals surface area contributed by atoms with Crippen molar-refractivity contribution in [3.8, 4) is 17.3 Å². The van der Waals surface area contributed by atoms with Crippen molar-refractivity contribution in [3.05, 3.63) is 40.4 Å². The number of H-pyrrole nitrogens is 1. The van der Waals surface area contributed by atoms with E-state index in [1.54, 1.807) is 0 Å². The van der Waals surface area contributed by atoms with Crippen LogP contribution in [0.15, 0.2) is 29.3 Å². The maximum absolute atomic E-state index is 11.3. The van der Waals surface area contributed by atoms with Gasteiger partial charge >= 0.3 is 6.01 Å². The second kappa shape index (κ2) is 4.05. The maximum atomic E-state index is 11.3. The molecule has 2 heterocycles. The lowest BCUT2D eigenvalue weighted by Gasteiger charge is -2.01. The minimum Gasteiger partial charge on any atom is -0.479 e. The average Bonchev–Trinajstić information content (AvgIpc) is 2.29. The predicted molar refractivity (Wildman–Crippen MR) is 58.3 cm³/mol. The Hall–Kier alpha value is -2.70. The average molecular weight is 232 g/mol. The normalized spacial score (nSPS) is 10.1. The van der Waals surface area contributed by atoms with Crippen LogP contribution < -0.4 is 11.3 Å². The number of amides is 1. The summed E-state index contributed by atoms with van der Waals surface area (Å²) in [5.74, 6) is -0.827. The van der Waals surface area contributed by atoms with Gasteiger partial charge in [0.15, 0.2) is 0 Å². The Kier molecular flexibility index (Phi) is 2.57. The molecule has 2 rings (SSSR count). The highest BCUT2D eigenvalue weighted by atomic mass is 16.3. The number of aromatic nitrogens is 3. The van der Waals surface area contributed by atoms with Crippen LogP contribution in [0.3, 0.4) is 0 Å². The fraction of sp³-hybridized carbons (Fsp3) is 0. The zero-order valence-corrected chi connectivity index (χ0v) is 8.54. The lowest BCUT2D eigenvalue weighted by Crippen LogP contribution is -2.23. The van der Waals surface area contributed by atoms with Crippen LogP contribution in [-0.4, -0.2) is 26.0 Å². The molecule has 4 N–H and O–H groups in total. The molecule has 0 fully saturated rings. The zero-order chi connectivity index (χ0) is 12.4. The van der Waals surface area contributed by atoms with E-state index >= 15 is 0 Å². The van der Waals surface area contributed by atoms with E-state index in [9.17, 15) is 9.59 Å². The number of hydrogen-bond acceptors (Lipinski definition) is 5. The van der Waals surface area contributed by atoms with Crippen molar-refractivity contribution in [3.63, 3.8) is 0 Å². The SMILES string of the molecule is NC(=O)c1cc(-c2ccnc(O)n2)c[nH]c1=O. The highest BCUT2D eigenvalue weighted by Gasteiger charge is 2.09. The van der Waals surface area contributed by atoms with Crippen LogP contribution in [0.2, 0.25) is 0 Å². The molecule has 2 aromatic rings. The van der Waals surface area contributed by atoms with Gasteiger partial charge in [0, 0.05) is 18.0 Å². The molecule has 0 spiro atoms. The zero-order valence-electron chi connectivity index (χ0n) is 8.54. The van der Waals surface area contributed by atoms with Crippen molar-refractivity contribution in [1.29, 1.82) is 0 Å². The monoisotopic (exact) mass is 232 g/mol. The molecule has 0 radical (unpaired) electrons. The second-order valence-electron chi connectivity index (χ2n) is 3.24. The number of rotatable bonds is 2. The van der Waals surface area contributed by atoms with Crippen molar-refractivity contribution in [2.45, 2.75) is 0 Å². The van der Waals surface area contributed by atoms with Crippen LogP contribution in [0.1, 0.15) is 10.4 Å². The number of carbonyl (C=O) groups excluding carboxylic acids is 1. The highest BCUT2D eigenvalue weighted by molar-refractivity contribution is 5.93. The standard InChI is InChI=1S/C10H8N4O3/c11-8(15)6-3-5(4-13-9(6)16)7-1-2-12-10(17)14-7/h1-4H,(H2,11,15)(H,13,16)(H,12,14,17). The van der Waals surface area contributed by atoms with Gasteiger partial charge < -0.3 is 15.8 Å². The Balaban J connectivity index is 2.58. The number of carbonyl (C=O) groups is 1. The number of aromatic hydroxyl groups is 1. The molecule has 17 heavy (non-hydrogen) atoms. The van der Waals surface area contributed by atoms with E-state index in [-0.39, 0.29) is 5.56 Å². The van der Waals surface area contributed by atoms with Crippen LogP contribution in [0.4, 0.5) is 0 Å². The number of hydrogen-bond donors (Lipinski definition) is 3. The Morgan fingerprint density at radius 3 is 2.88 bits per heavy atom. The van der Waals surface area contributed by atoms with E-state index in [4.69, 9.17) is 10.8 Å². The summed E-state index contributed by atoms with van der Waals surface area (Å²) >= 11 is 0. The third-order valence-corrected chi connectivity index (χ3v) is 2.11. The van der Waals surface area contributed by atoms with Crippen LogP contribution in [0.25, 0.3) is 11.3 Å². The summed E-state index contributed by atoms with van der Waals surface area (Å²) in [7, 11) is 0. The molecule has 86 valence electrons. The molecule has 0 unspecified atom stereocenters. The third kappa shape index (κ3) is 2.12. The van der Waals surface area contributed by atoms with Crippen LogP contribution >= 0.6 is 0 Å². The van der Waals surface area contributed by atoms with E-state index in [1.807, 2.05) is 0 Å². The Labute approximate surface area is 95.0 Å². The van der Waals surface area contributed by atoms with Crippen LogP contribution in [-0.2, 0) is 0 Å². The molecule has 0 aromatic carbocycles. The first-order valence-corrected chi connectivity index (χ1v) is 4.63. The summed E-state index contributed by atoms with van der Waals surface area (Å²) in [4.78, 5) is 31.9. The summed E-state index contributed by atoms with van der Waals surface area (Å²) in [5.41, 5.74) is 5.14. The summed E-state index contributed by atoms with van der Waals surface area (Å²) in [5, 5.41) is 9.12. The van der Waals surface area contributed by atoms with Crippen LogP contribution in [0.5, 0.6) is 6.01 Å². The van der Waals surface area contributed by atoms with E-state index in [0.717, 1.165) is 0 Å². The van der Waals surface area contributed by atoms with Gasteiger partial charge in [-0.1, -0.05) is 0 Å². The van der Waals surface area contributed by atoms with E-state index < -0.39 is 17.5 Å². The number of nitrogens with two attached hydrogens (primary N) is 1. The molecule has 7 nitrogen and oxygen atoms in total. The summed E-state index contributed by atoms with van der Waals surface area (Å²) in [6, 6.07) is 2.44. The predicted octanol–water partition coefficient (Wildman–Crippen LogP) is -0.364. The maximum Gasteiger partial charge on any atom is 0.314 e. The van der Waals surface area contributed by atoms with Crippen LogP contribution in [0, 0.1) is 0 Å². The van der Waals surface area contributed by atoms with E-state index in [0.29, 0.717) is 11.3 Å². The number of primary amides is 1. The van der Waals surface area contributed by atoms with E-state index in [1.165, 1.54) is 24.5 Å². The van der Waals surface area contributed by atoms with Gasteiger partial charge in [-0.2, -0.15) is 4.98 Å². The summed E-state index contributed by atoms with van der Waals surface area (Å²) in [6.45, 7) is 0. The van der Waals surface area contributed by atoms with Crippen molar-refractivity contribution in [2.75, 3.05) is 0 Å². The van der Waals surface area contributed by atoms with Gasteiger partial charge in [0.2, 0.25) is 0 Å². The largest absolute Gasteiger partial charge is 0.479 e. The first-order valence-electron chi connectivity index (χ1n) is 4.63. The summed E-state index contributed by atoms with van der Waals surface area (Å²) in [6.07, 6.45) is 2.73. The first-order chi connectivity index (χ1) is 8.08. The minimum absolute atomic E-state index is 0.166. The summed E-state index contributed by atoms with van der Waals surface area (Å²) < 4.78 is 0. The van der Waals surface area contributed by atoms with Gasteiger partial charge in [-0.3, -0.25) is 9.59 Å². The van der Waals surface area contributed by atoms with Gasteiger partial charge in [-0.15, -0.1) is 0 Å². The van der Waals surface area contributed by atoms with Gasteiger partial charge in [0.1, 0.15) is 5.56 Å². The second-order valence-corrected chi connectivity index (χ2v) is 3.24. The number of pyridine rings is 1. The van der Waals surface area contributed by atoms with Crippen molar-refractivity contribution in [2.24, 2.45) is 5.73 Å². The molecule has 0 bridgehead atoms. The molecule has 0 aliphatic heterocycles. The molecule has 0 saturated heterocycles. The van der Waals surface area contributed by atoms with Crippen molar-refractivity contribution < 1.29 is 9.90 Å². The van der Waals surface area contributed by atoms with Gasteiger partial charge in [0.05, 0.1) is 5.69 Å². The van der Waals surface area contributed by atoms with Crippen molar-refractivity contribution in [1.82, 2.24) is 15.0 Å². The first kappa shape index (κ1) is 10.8. The Bertz CT molecular complexity index is 635. The topological polar surface area (TPSA) is 122 Å². The molecular formula is C10H8N4O3. The molecule has 0 saturated carbocycles. The quantitative estimate of drug-likeness (QED) is 0.652. The van der Waals surface area contributed by atoms with Crippen molar-refractivity contribution >= 4 is 5.91 Å². The lowest BCUT2D eigenvalue weighted by atomic mass is 10.1. The molecule has 1 amide bonds. The smallest absolute Gasteiger partial charge is 0.314 e. The molecule has 0 aliphatic rings. The fourth-order valence-electron chi connectivity index (χ4n) is 1.32. The Morgan fingerprint density at radius 1 is 1.47 bits per heavy atom. The number of aromatic amines is 1. The molecule has 0 aliphatic carbocycles. The minimum atomic E-state index is -0.827. The van der Waals surface area contributed by atoms with E-state index in [2.05, 4.69) is 15.0 Å². The lowest BCUT2D eigenvalue weighted by molar-refractivity contribution is 0.0999. The van der Waals surface area contributed by atoms with Gasteiger partial charge in [-0.25, -0.2) is 4.98 Å². The number of nitrogens with one attached hydrogen (secondary N) is 1. The number of nitrogens with zero attached hydrogens (tertiary/aromatic N) is 2. The molecular weight excluding hydrogens is 224 g/mol. The highest BCUT2D eigenvalue weighted by Crippen LogP contribution is 2.16. The molecule has 2 aromatic heterocycles. The molecule has 7 heteroatoms. The molecule has 0 atom stereocenters.